The zero-order chi connectivity index (χ0) is 8.27. The molecule has 0 unspecified atom stereocenters. The Bertz CT molecular complexity index is 196. The fraction of sp³-hybridized carbons (Fsp3) is 0.444. The van der Waals surface area contributed by atoms with Gasteiger partial charge in [0.1, 0.15) is 0 Å². The highest BCUT2D eigenvalue weighted by Crippen LogP contribution is 2.18. The summed E-state index contributed by atoms with van der Waals surface area (Å²) in [6, 6.07) is 0.0534. The zero-order valence-electron chi connectivity index (χ0n) is 6.49. The van der Waals surface area contributed by atoms with Crippen molar-refractivity contribution < 1.29 is 4.79 Å². The first-order chi connectivity index (χ1) is 5.24. The number of hydrogen-bond donors (Lipinski definition) is 1. The van der Waals surface area contributed by atoms with Gasteiger partial charge in [0.2, 0.25) is 0 Å². The van der Waals surface area contributed by atoms with Crippen LogP contribution < -0.4 is 5.73 Å². The molecule has 0 spiro atoms. The summed E-state index contributed by atoms with van der Waals surface area (Å²) < 4.78 is 0. The van der Waals surface area contributed by atoms with Crippen molar-refractivity contribution in [3.8, 4) is 0 Å². The van der Waals surface area contributed by atoms with E-state index in [0.717, 1.165) is 12.8 Å². The molecule has 1 aliphatic carbocycles. The maximum Gasteiger partial charge on any atom is 0.158 e. The third-order valence-electron chi connectivity index (χ3n) is 1.96. The highest BCUT2D eigenvalue weighted by Gasteiger charge is 2.19. The van der Waals surface area contributed by atoms with Crippen molar-refractivity contribution in [1.29, 1.82) is 0 Å². The maximum atomic E-state index is 11.1. The van der Waals surface area contributed by atoms with Crippen molar-refractivity contribution in [2.24, 2.45) is 11.7 Å². The molecule has 1 aliphatic rings. The van der Waals surface area contributed by atoms with Gasteiger partial charge in [-0.15, -0.1) is 0 Å². The van der Waals surface area contributed by atoms with Crippen LogP contribution in [0.4, 0.5) is 0 Å². The lowest BCUT2D eigenvalue weighted by molar-refractivity contribution is -0.118. The summed E-state index contributed by atoms with van der Waals surface area (Å²) in [6.07, 6.45) is 6.89. The third kappa shape index (κ3) is 2.02. The second-order valence-corrected chi connectivity index (χ2v) is 2.87. The lowest BCUT2D eigenvalue weighted by Gasteiger charge is -2.19. The number of allylic oxidation sites excluding steroid dienone is 2. The van der Waals surface area contributed by atoms with E-state index in [2.05, 4.69) is 6.58 Å². The normalized spacial score (nSPS) is 29.9. The van der Waals surface area contributed by atoms with Gasteiger partial charge in [-0.05, 0) is 18.9 Å². The average Bonchev–Trinajstić information content (AvgIpc) is 2.03. The molecule has 0 fully saturated rings. The molecule has 2 heteroatoms. The first kappa shape index (κ1) is 8.21. The molecule has 0 aromatic rings. The van der Waals surface area contributed by atoms with Crippen LogP contribution in [0.1, 0.15) is 12.8 Å². The lowest BCUT2D eigenvalue weighted by atomic mass is 9.88. The number of carbonyl (C=O) groups is 1. The van der Waals surface area contributed by atoms with Crippen LogP contribution in [0.15, 0.2) is 24.8 Å². The number of hydrogen-bond acceptors (Lipinski definition) is 2. The molecule has 0 radical (unpaired) electrons. The molecular weight excluding hydrogens is 138 g/mol. The van der Waals surface area contributed by atoms with Gasteiger partial charge in [-0.2, -0.15) is 0 Å². The first-order valence-corrected chi connectivity index (χ1v) is 3.82. The van der Waals surface area contributed by atoms with E-state index in [9.17, 15) is 4.79 Å². The monoisotopic (exact) mass is 151 g/mol. The quantitative estimate of drug-likeness (QED) is 0.473. The van der Waals surface area contributed by atoms with Crippen LogP contribution in [0.2, 0.25) is 0 Å². The maximum absolute atomic E-state index is 11.1. The Labute approximate surface area is 66.8 Å². The highest BCUT2D eigenvalue weighted by atomic mass is 16.1. The lowest BCUT2D eigenvalue weighted by Crippen LogP contribution is -2.27. The Morgan fingerprint density at radius 2 is 2.45 bits per heavy atom. The molecule has 0 aromatic heterocycles. The summed E-state index contributed by atoms with van der Waals surface area (Å²) in [6.45, 7) is 3.45. The van der Waals surface area contributed by atoms with Gasteiger partial charge >= 0.3 is 0 Å². The first-order valence-electron chi connectivity index (χ1n) is 3.82. The van der Waals surface area contributed by atoms with Gasteiger partial charge in [-0.3, -0.25) is 4.79 Å². The van der Waals surface area contributed by atoms with Crippen LogP contribution in [-0.2, 0) is 4.79 Å². The van der Waals surface area contributed by atoms with Gasteiger partial charge in [-0.1, -0.05) is 18.7 Å². The minimum absolute atomic E-state index is 0.0534. The van der Waals surface area contributed by atoms with Gasteiger partial charge in [0.25, 0.3) is 0 Å². The molecule has 0 aliphatic heterocycles. The molecule has 0 heterocycles. The molecule has 11 heavy (non-hydrogen) atoms. The molecule has 2 atom stereocenters. The molecule has 60 valence electrons. The van der Waals surface area contributed by atoms with Gasteiger partial charge in [0.05, 0.1) is 0 Å². The van der Waals surface area contributed by atoms with Crippen molar-refractivity contribution >= 4 is 5.78 Å². The third-order valence-corrected chi connectivity index (χ3v) is 1.96. The predicted molar refractivity (Wildman–Crippen MR) is 45.0 cm³/mol. The second kappa shape index (κ2) is 3.49. The summed E-state index contributed by atoms with van der Waals surface area (Å²) in [5.74, 6) is 0.192. The summed E-state index contributed by atoms with van der Waals surface area (Å²) in [7, 11) is 0. The van der Waals surface area contributed by atoms with Crippen molar-refractivity contribution in [2.45, 2.75) is 18.9 Å². The fourth-order valence-electron chi connectivity index (χ4n) is 1.32. The molecule has 2 nitrogen and oxygen atoms in total. The van der Waals surface area contributed by atoms with E-state index in [0.29, 0.717) is 0 Å². The zero-order valence-corrected chi connectivity index (χ0v) is 6.49. The van der Waals surface area contributed by atoms with E-state index in [-0.39, 0.29) is 17.7 Å². The average molecular weight is 151 g/mol. The Kier molecular flexibility index (Phi) is 2.60. The SMILES string of the molecule is C=CC(=O)[C@H]1CC=C[C@H](N)C1. The standard InChI is InChI=1S/C9H13NO/c1-2-9(11)7-4-3-5-8(10)6-7/h2-3,5,7-8H,1,4,6,10H2/t7-,8-/m0/s1. The van der Waals surface area contributed by atoms with Crippen molar-refractivity contribution in [3.05, 3.63) is 24.8 Å². The Balaban J connectivity index is 2.56. The van der Waals surface area contributed by atoms with E-state index in [1.807, 2.05) is 12.2 Å². The van der Waals surface area contributed by atoms with E-state index in [1.165, 1.54) is 6.08 Å². The van der Waals surface area contributed by atoms with Crippen LogP contribution in [0.3, 0.4) is 0 Å². The van der Waals surface area contributed by atoms with Crippen LogP contribution >= 0.6 is 0 Å². The van der Waals surface area contributed by atoms with Gasteiger partial charge in [-0.25, -0.2) is 0 Å². The molecule has 2 N–H and O–H groups in total. The Hall–Kier alpha value is -0.890. The molecular formula is C9H13NO. The van der Waals surface area contributed by atoms with Crippen molar-refractivity contribution in [3.63, 3.8) is 0 Å². The summed E-state index contributed by atoms with van der Waals surface area (Å²) >= 11 is 0. The molecule has 0 saturated carbocycles. The van der Waals surface area contributed by atoms with Crippen molar-refractivity contribution in [1.82, 2.24) is 0 Å². The topological polar surface area (TPSA) is 43.1 Å². The van der Waals surface area contributed by atoms with E-state index in [4.69, 9.17) is 5.73 Å². The number of ketones is 1. The van der Waals surface area contributed by atoms with Crippen LogP contribution in [0.5, 0.6) is 0 Å². The van der Waals surface area contributed by atoms with Crippen molar-refractivity contribution in [2.75, 3.05) is 0 Å². The van der Waals surface area contributed by atoms with Gasteiger partial charge < -0.3 is 5.73 Å². The number of rotatable bonds is 2. The Morgan fingerprint density at radius 3 is 3.00 bits per heavy atom. The number of carbonyl (C=O) groups excluding carboxylic acids is 1. The van der Waals surface area contributed by atoms with Gasteiger partial charge in [0, 0.05) is 12.0 Å². The molecule has 0 aromatic carbocycles. The molecule has 0 amide bonds. The minimum atomic E-state index is 0.0534. The number of nitrogens with two attached hydrogens (primary N) is 1. The summed E-state index contributed by atoms with van der Waals surface area (Å²) in [5.41, 5.74) is 5.64. The van der Waals surface area contributed by atoms with Crippen LogP contribution in [0.25, 0.3) is 0 Å². The van der Waals surface area contributed by atoms with E-state index < -0.39 is 0 Å². The Morgan fingerprint density at radius 1 is 1.73 bits per heavy atom. The van der Waals surface area contributed by atoms with Crippen LogP contribution in [-0.4, -0.2) is 11.8 Å². The van der Waals surface area contributed by atoms with Crippen LogP contribution in [0, 0.1) is 5.92 Å². The largest absolute Gasteiger partial charge is 0.324 e. The summed E-state index contributed by atoms with van der Waals surface area (Å²) in [5, 5.41) is 0. The smallest absolute Gasteiger partial charge is 0.158 e. The predicted octanol–water partition coefficient (Wildman–Crippen LogP) is 1.03. The fourth-order valence-corrected chi connectivity index (χ4v) is 1.32. The second-order valence-electron chi connectivity index (χ2n) is 2.87. The van der Waals surface area contributed by atoms with E-state index in [1.54, 1.807) is 0 Å². The summed E-state index contributed by atoms with van der Waals surface area (Å²) in [4.78, 5) is 11.1. The highest BCUT2D eigenvalue weighted by molar-refractivity contribution is 5.91. The molecule has 0 saturated heterocycles. The molecule has 0 bridgehead atoms. The van der Waals surface area contributed by atoms with Gasteiger partial charge in [0.15, 0.2) is 5.78 Å². The molecule has 1 rings (SSSR count). The minimum Gasteiger partial charge on any atom is -0.324 e. The van der Waals surface area contributed by atoms with E-state index >= 15 is 0 Å².